The van der Waals surface area contributed by atoms with Crippen molar-refractivity contribution in [2.45, 2.75) is 65.6 Å². The van der Waals surface area contributed by atoms with E-state index in [1.807, 2.05) is 0 Å². The van der Waals surface area contributed by atoms with E-state index in [4.69, 9.17) is 15.9 Å². The van der Waals surface area contributed by atoms with Crippen LogP contribution in [0.1, 0.15) is 65.1 Å². The molecule has 2 unspecified atom stereocenters. The highest BCUT2D eigenvalue weighted by molar-refractivity contribution is 5.92. The van der Waals surface area contributed by atoms with E-state index in [9.17, 15) is 19.2 Å². The lowest BCUT2D eigenvalue weighted by Gasteiger charge is -2.32. The molecule has 1 rings (SSSR count). The summed E-state index contributed by atoms with van der Waals surface area (Å²) in [6.07, 6.45) is 4.69. The molecular weight excluding hydrogens is 438 g/mol. The molecule has 34 heavy (non-hydrogen) atoms. The minimum atomic E-state index is -1.01. The third kappa shape index (κ3) is 9.14. The van der Waals surface area contributed by atoms with Gasteiger partial charge in [-0.15, -0.1) is 6.42 Å². The van der Waals surface area contributed by atoms with Gasteiger partial charge in [-0.25, -0.2) is 4.79 Å². The first-order valence-electron chi connectivity index (χ1n) is 11.2. The summed E-state index contributed by atoms with van der Waals surface area (Å²) in [6, 6.07) is 4.74. The number of terminal acetylenes is 1. The van der Waals surface area contributed by atoms with Crippen molar-refractivity contribution in [3.05, 3.63) is 35.4 Å². The number of amides is 3. The highest BCUT2D eigenvalue weighted by atomic mass is 16.6. The van der Waals surface area contributed by atoms with Gasteiger partial charge < -0.3 is 25.0 Å². The van der Waals surface area contributed by atoms with E-state index in [1.54, 1.807) is 58.9 Å². The number of carbonyl (C=O) groups is 4. The zero-order chi connectivity index (χ0) is 25.9. The Kier molecular flexibility index (Phi) is 11.1. The van der Waals surface area contributed by atoms with Crippen LogP contribution in [-0.4, -0.2) is 60.1 Å². The van der Waals surface area contributed by atoms with Gasteiger partial charge in [0.15, 0.2) is 0 Å². The van der Waals surface area contributed by atoms with Crippen molar-refractivity contribution >= 4 is 23.9 Å². The van der Waals surface area contributed by atoms with Gasteiger partial charge >= 0.3 is 12.1 Å². The number of nitrogens with zero attached hydrogens (tertiary/aromatic N) is 1. The van der Waals surface area contributed by atoms with Crippen LogP contribution < -0.4 is 10.6 Å². The molecule has 0 saturated carbocycles. The SMILES string of the molecule is C#Cc1ccc(C(C(=O)NCCC(=O)OCC)N(CC)C(=O)C(C)NC(=O)OC(C)(C)C)cc1. The molecule has 2 atom stereocenters. The fourth-order valence-electron chi connectivity index (χ4n) is 3.11. The Labute approximate surface area is 201 Å². The molecule has 0 spiro atoms. The highest BCUT2D eigenvalue weighted by Crippen LogP contribution is 2.23. The van der Waals surface area contributed by atoms with Crippen molar-refractivity contribution in [2.24, 2.45) is 0 Å². The van der Waals surface area contributed by atoms with E-state index >= 15 is 0 Å². The monoisotopic (exact) mass is 473 g/mol. The number of benzene rings is 1. The summed E-state index contributed by atoms with van der Waals surface area (Å²) < 4.78 is 10.1. The first-order valence-corrected chi connectivity index (χ1v) is 11.2. The molecule has 186 valence electrons. The maximum Gasteiger partial charge on any atom is 0.408 e. The van der Waals surface area contributed by atoms with E-state index < -0.39 is 41.6 Å². The summed E-state index contributed by atoms with van der Waals surface area (Å²) >= 11 is 0. The number of nitrogens with one attached hydrogen (secondary N) is 2. The van der Waals surface area contributed by atoms with E-state index in [-0.39, 0.29) is 26.1 Å². The Morgan fingerprint density at radius 3 is 2.24 bits per heavy atom. The fraction of sp³-hybridized carbons (Fsp3) is 0.520. The first kappa shape index (κ1) is 28.5. The molecule has 0 aliphatic carbocycles. The molecule has 0 heterocycles. The molecule has 0 radical (unpaired) electrons. The predicted molar refractivity (Wildman–Crippen MR) is 128 cm³/mol. The molecule has 0 bridgehead atoms. The van der Waals surface area contributed by atoms with Crippen molar-refractivity contribution in [1.82, 2.24) is 15.5 Å². The maximum absolute atomic E-state index is 13.3. The van der Waals surface area contributed by atoms with Gasteiger partial charge in [-0.3, -0.25) is 14.4 Å². The predicted octanol–water partition coefficient (Wildman–Crippen LogP) is 2.54. The number of carbonyl (C=O) groups excluding carboxylic acids is 4. The lowest BCUT2D eigenvalue weighted by molar-refractivity contribution is -0.144. The third-order valence-corrected chi connectivity index (χ3v) is 4.61. The third-order valence-electron chi connectivity index (χ3n) is 4.61. The lowest BCUT2D eigenvalue weighted by Crippen LogP contribution is -2.52. The zero-order valence-electron chi connectivity index (χ0n) is 20.8. The summed E-state index contributed by atoms with van der Waals surface area (Å²) in [5.74, 6) is 1.13. The van der Waals surface area contributed by atoms with Crippen molar-refractivity contribution in [3.8, 4) is 12.3 Å². The molecule has 0 aliphatic heterocycles. The van der Waals surface area contributed by atoms with Crippen LogP contribution in [0.25, 0.3) is 0 Å². The second-order valence-electron chi connectivity index (χ2n) is 8.51. The Balaban J connectivity index is 3.12. The van der Waals surface area contributed by atoms with Crippen LogP contribution in [0.15, 0.2) is 24.3 Å². The lowest BCUT2D eigenvalue weighted by atomic mass is 10.0. The molecule has 3 amide bonds. The number of likely N-dealkylation sites (N-methyl/N-ethyl adjacent to an activating group) is 1. The van der Waals surface area contributed by atoms with Gasteiger partial charge in [0, 0.05) is 18.7 Å². The number of esters is 1. The quantitative estimate of drug-likeness (QED) is 0.399. The Bertz CT molecular complexity index is 899. The molecule has 0 fully saturated rings. The van der Waals surface area contributed by atoms with E-state index in [1.165, 1.54) is 11.8 Å². The molecular formula is C25H35N3O6. The minimum Gasteiger partial charge on any atom is -0.466 e. The average Bonchev–Trinajstić information content (AvgIpc) is 2.75. The molecule has 9 nitrogen and oxygen atoms in total. The second kappa shape index (κ2) is 13.2. The molecule has 9 heteroatoms. The molecule has 2 N–H and O–H groups in total. The minimum absolute atomic E-state index is 0.000987. The summed E-state index contributed by atoms with van der Waals surface area (Å²) in [4.78, 5) is 51.5. The summed E-state index contributed by atoms with van der Waals surface area (Å²) in [6.45, 7) is 10.6. The average molecular weight is 474 g/mol. The van der Waals surface area contributed by atoms with Crippen LogP contribution in [0.2, 0.25) is 0 Å². The summed E-state index contributed by atoms with van der Waals surface area (Å²) in [5, 5.41) is 5.21. The number of hydrogen-bond donors (Lipinski definition) is 2. The number of hydrogen-bond acceptors (Lipinski definition) is 6. The van der Waals surface area contributed by atoms with Crippen LogP contribution in [0.3, 0.4) is 0 Å². The summed E-state index contributed by atoms with van der Waals surface area (Å²) in [7, 11) is 0. The van der Waals surface area contributed by atoms with Crippen LogP contribution >= 0.6 is 0 Å². The van der Waals surface area contributed by atoms with Gasteiger partial charge in [0.1, 0.15) is 17.7 Å². The molecule has 1 aromatic carbocycles. The Morgan fingerprint density at radius 1 is 1.12 bits per heavy atom. The first-order chi connectivity index (χ1) is 15.9. The van der Waals surface area contributed by atoms with Crippen molar-refractivity contribution < 1.29 is 28.7 Å². The molecule has 1 aromatic rings. The van der Waals surface area contributed by atoms with Crippen molar-refractivity contribution in [2.75, 3.05) is 19.7 Å². The topological polar surface area (TPSA) is 114 Å². The fourth-order valence-corrected chi connectivity index (χ4v) is 3.11. The van der Waals surface area contributed by atoms with Gasteiger partial charge in [0.05, 0.1) is 13.0 Å². The van der Waals surface area contributed by atoms with Gasteiger partial charge in [-0.05, 0) is 59.2 Å². The zero-order valence-corrected chi connectivity index (χ0v) is 20.8. The largest absolute Gasteiger partial charge is 0.466 e. The standard InChI is InChI=1S/C25H35N3O6/c1-8-18-11-13-19(14-12-18)21(22(30)26-16-15-20(29)33-10-3)28(9-2)23(31)17(4)27-24(32)34-25(5,6)7/h1,11-14,17,21H,9-10,15-16H2,2-7H3,(H,26,30)(H,27,32). The second-order valence-corrected chi connectivity index (χ2v) is 8.51. The van der Waals surface area contributed by atoms with Gasteiger partial charge in [-0.2, -0.15) is 0 Å². The number of alkyl carbamates (subject to hydrolysis) is 1. The highest BCUT2D eigenvalue weighted by Gasteiger charge is 2.33. The normalized spacial score (nSPS) is 12.5. The van der Waals surface area contributed by atoms with Gasteiger partial charge in [0.2, 0.25) is 11.8 Å². The van der Waals surface area contributed by atoms with Gasteiger partial charge in [0.25, 0.3) is 0 Å². The van der Waals surface area contributed by atoms with E-state index in [2.05, 4.69) is 16.6 Å². The van der Waals surface area contributed by atoms with Gasteiger partial charge in [-0.1, -0.05) is 18.1 Å². The number of ether oxygens (including phenoxy) is 2. The van der Waals surface area contributed by atoms with Crippen molar-refractivity contribution in [3.63, 3.8) is 0 Å². The Morgan fingerprint density at radius 2 is 1.74 bits per heavy atom. The van der Waals surface area contributed by atoms with Crippen LogP contribution in [0, 0.1) is 12.3 Å². The summed E-state index contributed by atoms with van der Waals surface area (Å²) in [5.41, 5.74) is 0.434. The molecule has 0 aliphatic rings. The van der Waals surface area contributed by atoms with Crippen LogP contribution in [-0.2, 0) is 23.9 Å². The molecule has 0 saturated heterocycles. The molecule has 0 aromatic heterocycles. The maximum atomic E-state index is 13.3. The smallest absolute Gasteiger partial charge is 0.408 e. The van der Waals surface area contributed by atoms with Crippen molar-refractivity contribution in [1.29, 1.82) is 0 Å². The Hall–Kier alpha value is -3.54. The van der Waals surface area contributed by atoms with E-state index in [0.29, 0.717) is 11.1 Å². The van der Waals surface area contributed by atoms with E-state index in [0.717, 1.165) is 0 Å². The van der Waals surface area contributed by atoms with Crippen LogP contribution in [0.4, 0.5) is 4.79 Å². The van der Waals surface area contributed by atoms with Crippen LogP contribution in [0.5, 0.6) is 0 Å². The number of rotatable bonds is 10.